The Balaban J connectivity index is 1.57. The molecule has 4 bridgehead atoms. The molecule has 4 fully saturated rings. The van der Waals surface area contributed by atoms with Crippen LogP contribution in [0.2, 0.25) is 0 Å². The number of aromatic nitrogens is 2. The molecule has 0 aliphatic heterocycles. The molecule has 1 aromatic rings. The largest absolute Gasteiger partial charge is 0.477 e. The molecule has 7 heteroatoms. The normalized spacial score (nSPS) is 32.2. The molecule has 4 saturated carbocycles. The van der Waals surface area contributed by atoms with Gasteiger partial charge in [-0.05, 0) is 56.3 Å². The first-order valence-corrected chi connectivity index (χ1v) is 11.6. The zero-order valence-electron chi connectivity index (χ0n) is 19.2. The molecule has 2 atom stereocenters. The summed E-state index contributed by atoms with van der Waals surface area (Å²) in [5.74, 6) is 1.52. The zero-order valence-corrected chi connectivity index (χ0v) is 19.2. The first-order chi connectivity index (χ1) is 14.5. The fourth-order valence-corrected chi connectivity index (χ4v) is 6.00. The van der Waals surface area contributed by atoms with Crippen molar-refractivity contribution in [2.75, 3.05) is 13.2 Å². The van der Waals surface area contributed by atoms with Crippen molar-refractivity contribution in [1.82, 2.24) is 15.1 Å². The number of hydrogen-bond acceptors (Lipinski definition) is 5. The van der Waals surface area contributed by atoms with E-state index in [9.17, 15) is 15.0 Å². The highest BCUT2D eigenvalue weighted by molar-refractivity contribution is 5.97. The Morgan fingerprint density at radius 2 is 2.03 bits per heavy atom. The van der Waals surface area contributed by atoms with E-state index < -0.39 is 11.0 Å². The SMILES string of the molecule is CC(C)COc1c(C(=O)NC23CC4CC(CC(O)(C4)C2)C3)cnn1/C=C/C(C)(C)CO. The minimum atomic E-state index is -0.628. The molecule has 4 aliphatic carbocycles. The van der Waals surface area contributed by atoms with E-state index in [-0.39, 0.29) is 18.1 Å². The van der Waals surface area contributed by atoms with Crippen LogP contribution in [0.3, 0.4) is 0 Å². The summed E-state index contributed by atoms with van der Waals surface area (Å²) in [6, 6.07) is 0. The topological polar surface area (TPSA) is 96.6 Å². The summed E-state index contributed by atoms with van der Waals surface area (Å²) in [7, 11) is 0. The number of hydrogen-bond donors (Lipinski definition) is 3. The third kappa shape index (κ3) is 4.67. The highest BCUT2D eigenvalue weighted by Gasteiger charge is 2.57. The molecular formula is C24H37N3O4. The van der Waals surface area contributed by atoms with Gasteiger partial charge in [0.25, 0.3) is 5.91 Å². The second-order valence-electron chi connectivity index (χ2n) is 11.4. The number of carbonyl (C=O) groups is 1. The van der Waals surface area contributed by atoms with Crippen LogP contribution in [0.25, 0.3) is 6.20 Å². The molecule has 0 spiro atoms. The Bertz CT molecular complexity index is 843. The van der Waals surface area contributed by atoms with Gasteiger partial charge in [-0.15, -0.1) is 0 Å². The molecule has 0 aromatic carbocycles. The van der Waals surface area contributed by atoms with Crippen LogP contribution in [-0.4, -0.2) is 50.3 Å². The minimum absolute atomic E-state index is 0.00800. The van der Waals surface area contributed by atoms with E-state index in [0.717, 1.165) is 25.7 Å². The summed E-state index contributed by atoms with van der Waals surface area (Å²) in [4.78, 5) is 13.4. The number of rotatable bonds is 8. The Morgan fingerprint density at radius 1 is 1.35 bits per heavy atom. The zero-order chi connectivity index (χ0) is 22.4. The molecule has 4 aliphatic rings. The molecule has 2 unspecified atom stereocenters. The number of nitrogens with one attached hydrogen (secondary N) is 1. The molecule has 1 aromatic heterocycles. The summed E-state index contributed by atoms with van der Waals surface area (Å²) < 4.78 is 7.58. The Morgan fingerprint density at radius 3 is 2.61 bits per heavy atom. The number of aliphatic hydroxyl groups is 2. The van der Waals surface area contributed by atoms with Gasteiger partial charge in [0, 0.05) is 17.2 Å². The lowest BCUT2D eigenvalue weighted by molar-refractivity contribution is -0.139. The Labute approximate surface area is 184 Å². The Hall–Kier alpha value is -1.86. The summed E-state index contributed by atoms with van der Waals surface area (Å²) >= 11 is 0. The van der Waals surface area contributed by atoms with Crippen LogP contribution in [-0.2, 0) is 0 Å². The van der Waals surface area contributed by atoms with E-state index in [1.807, 2.05) is 19.9 Å². The number of nitrogens with zero attached hydrogens (tertiary/aromatic N) is 2. The van der Waals surface area contributed by atoms with Gasteiger partial charge in [0.2, 0.25) is 5.88 Å². The quantitative estimate of drug-likeness (QED) is 0.587. The molecule has 7 nitrogen and oxygen atoms in total. The summed E-state index contributed by atoms with van der Waals surface area (Å²) in [5, 5.41) is 28.2. The lowest BCUT2D eigenvalue weighted by Crippen LogP contribution is -2.65. The smallest absolute Gasteiger partial charge is 0.258 e. The number of amides is 1. The fourth-order valence-electron chi connectivity index (χ4n) is 6.00. The van der Waals surface area contributed by atoms with Crippen molar-refractivity contribution in [2.45, 2.75) is 77.4 Å². The number of carbonyl (C=O) groups excluding carboxylic acids is 1. The number of aliphatic hydroxyl groups excluding tert-OH is 1. The third-order valence-electron chi connectivity index (χ3n) is 7.03. The van der Waals surface area contributed by atoms with Crippen molar-refractivity contribution in [3.8, 4) is 5.88 Å². The van der Waals surface area contributed by atoms with Crippen molar-refractivity contribution in [3.05, 3.63) is 17.8 Å². The second kappa shape index (κ2) is 7.93. The first kappa shape index (κ1) is 22.3. The van der Waals surface area contributed by atoms with Crippen molar-refractivity contribution < 1.29 is 19.7 Å². The standard InChI is InChI=1S/C24H37N3O4/c1-16(2)13-31-21-19(12-25-27(21)6-5-22(3,4)15-28)20(29)26-23-8-17-7-18(9-23)11-24(30,10-17)14-23/h5-6,12,16-18,28,30H,7-11,13-15H2,1-4H3,(H,26,29)/b6-5+. The van der Waals surface area contributed by atoms with Gasteiger partial charge >= 0.3 is 0 Å². The first-order valence-electron chi connectivity index (χ1n) is 11.6. The van der Waals surface area contributed by atoms with Gasteiger partial charge < -0.3 is 20.3 Å². The van der Waals surface area contributed by atoms with Crippen molar-refractivity contribution in [1.29, 1.82) is 0 Å². The van der Waals surface area contributed by atoms with Gasteiger partial charge in [-0.3, -0.25) is 4.79 Å². The van der Waals surface area contributed by atoms with Gasteiger partial charge in [-0.1, -0.05) is 33.8 Å². The highest BCUT2D eigenvalue weighted by Crippen LogP contribution is 2.57. The molecule has 31 heavy (non-hydrogen) atoms. The van der Waals surface area contributed by atoms with Crippen LogP contribution >= 0.6 is 0 Å². The van der Waals surface area contributed by atoms with Gasteiger partial charge in [-0.25, -0.2) is 4.68 Å². The summed E-state index contributed by atoms with van der Waals surface area (Å²) in [6.07, 6.45) is 10.6. The van der Waals surface area contributed by atoms with Crippen molar-refractivity contribution in [3.63, 3.8) is 0 Å². The predicted octanol–water partition coefficient (Wildman–Crippen LogP) is 3.22. The predicted molar refractivity (Wildman–Crippen MR) is 119 cm³/mol. The lowest BCUT2D eigenvalue weighted by Gasteiger charge is -2.60. The average Bonchev–Trinajstić information content (AvgIpc) is 3.05. The molecule has 0 saturated heterocycles. The van der Waals surface area contributed by atoms with Crippen molar-refractivity contribution in [2.24, 2.45) is 23.2 Å². The van der Waals surface area contributed by atoms with Crippen molar-refractivity contribution >= 4 is 12.1 Å². The van der Waals surface area contributed by atoms with Crippen LogP contribution in [0.15, 0.2) is 12.3 Å². The molecule has 172 valence electrons. The highest BCUT2D eigenvalue weighted by atomic mass is 16.5. The van der Waals surface area contributed by atoms with Crippen LogP contribution in [0.1, 0.15) is 76.6 Å². The molecule has 1 amide bonds. The van der Waals surface area contributed by atoms with Crippen LogP contribution in [0.5, 0.6) is 5.88 Å². The van der Waals surface area contributed by atoms with E-state index in [1.165, 1.54) is 6.42 Å². The maximum absolute atomic E-state index is 13.4. The van der Waals surface area contributed by atoms with Gasteiger partial charge in [0.15, 0.2) is 0 Å². The summed E-state index contributed by atoms with van der Waals surface area (Å²) in [6.45, 7) is 8.44. The molecule has 0 radical (unpaired) electrons. The van der Waals surface area contributed by atoms with Gasteiger partial charge in [-0.2, -0.15) is 5.10 Å². The van der Waals surface area contributed by atoms with Crippen LogP contribution in [0, 0.1) is 23.2 Å². The second-order valence-corrected chi connectivity index (χ2v) is 11.4. The fraction of sp³-hybridized carbons (Fsp3) is 0.750. The average molecular weight is 432 g/mol. The lowest BCUT2D eigenvalue weighted by atomic mass is 9.51. The van der Waals surface area contributed by atoms with E-state index in [1.54, 1.807) is 17.1 Å². The van der Waals surface area contributed by atoms with Gasteiger partial charge in [0.05, 0.1) is 25.0 Å². The maximum Gasteiger partial charge on any atom is 0.258 e. The summed E-state index contributed by atoms with van der Waals surface area (Å²) in [5.41, 5.74) is -0.952. The molecule has 1 heterocycles. The Kier molecular flexibility index (Phi) is 5.71. The van der Waals surface area contributed by atoms with Crippen LogP contribution < -0.4 is 10.1 Å². The van der Waals surface area contributed by atoms with E-state index in [0.29, 0.717) is 42.2 Å². The van der Waals surface area contributed by atoms with Crippen LogP contribution in [0.4, 0.5) is 0 Å². The maximum atomic E-state index is 13.4. The minimum Gasteiger partial charge on any atom is -0.477 e. The van der Waals surface area contributed by atoms with E-state index in [2.05, 4.69) is 24.3 Å². The van der Waals surface area contributed by atoms with E-state index >= 15 is 0 Å². The van der Waals surface area contributed by atoms with E-state index in [4.69, 9.17) is 4.74 Å². The monoisotopic (exact) mass is 431 g/mol. The van der Waals surface area contributed by atoms with Gasteiger partial charge in [0.1, 0.15) is 5.56 Å². The number of ether oxygens (including phenoxy) is 1. The molecular weight excluding hydrogens is 394 g/mol. The third-order valence-corrected chi connectivity index (χ3v) is 7.03. The molecule has 3 N–H and O–H groups in total. The molecule has 5 rings (SSSR count).